The van der Waals surface area contributed by atoms with E-state index >= 15 is 0 Å². The number of aromatic nitrogens is 1. The number of halogens is 2. The summed E-state index contributed by atoms with van der Waals surface area (Å²) in [7, 11) is 1.74. The Bertz CT molecular complexity index is 619. The molecule has 0 atom stereocenters. The molecule has 0 saturated heterocycles. The molecule has 2 rings (SSSR count). The first-order valence-electron chi connectivity index (χ1n) is 5.50. The van der Waals surface area contributed by atoms with Crippen LogP contribution in [0.2, 0.25) is 5.02 Å². The molecule has 98 valence electrons. The molecule has 0 unspecified atom stereocenters. The van der Waals surface area contributed by atoms with Gasteiger partial charge in [-0.25, -0.2) is 4.39 Å². The molecular formula is C13H11ClFN3O. The number of carbonyl (C=O) groups excluding carboxylic acids is 1. The number of nitrogens with one attached hydrogen (secondary N) is 2. The van der Waals surface area contributed by atoms with Gasteiger partial charge in [0, 0.05) is 18.9 Å². The van der Waals surface area contributed by atoms with Crippen molar-refractivity contribution in [3.05, 3.63) is 53.1 Å². The lowest BCUT2D eigenvalue weighted by Crippen LogP contribution is -2.14. The van der Waals surface area contributed by atoms with Crippen LogP contribution >= 0.6 is 11.6 Å². The fourth-order valence-corrected chi connectivity index (χ4v) is 1.70. The van der Waals surface area contributed by atoms with Crippen LogP contribution in [-0.2, 0) is 0 Å². The van der Waals surface area contributed by atoms with E-state index in [2.05, 4.69) is 15.6 Å². The molecule has 19 heavy (non-hydrogen) atoms. The summed E-state index contributed by atoms with van der Waals surface area (Å²) in [6.45, 7) is 0. The second kappa shape index (κ2) is 5.67. The average molecular weight is 280 g/mol. The van der Waals surface area contributed by atoms with E-state index < -0.39 is 11.7 Å². The highest BCUT2D eigenvalue weighted by Gasteiger charge is 2.10. The molecule has 1 aromatic carbocycles. The molecule has 6 heteroatoms. The molecule has 0 radical (unpaired) electrons. The minimum absolute atomic E-state index is 0.137. The zero-order valence-corrected chi connectivity index (χ0v) is 10.8. The molecule has 1 amide bonds. The number of anilines is 2. The van der Waals surface area contributed by atoms with Gasteiger partial charge in [0.25, 0.3) is 5.91 Å². The molecule has 0 fully saturated rings. The lowest BCUT2D eigenvalue weighted by molar-refractivity contribution is 0.102. The topological polar surface area (TPSA) is 54.0 Å². The van der Waals surface area contributed by atoms with Crippen LogP contribution < -0.4 is 10.6 Å². The average Bonchev–Trinajstić information content (AvgIpc) is 2.42. The number of benzene rings is 1. The van der Waals surface area contributed by atoms with Crippen molar-refractivity contribution in [1.29, 1.82) is 0 Å². The molecule has 0 spiro atoms. The Morgan fingerprint density at radius 2 is 2.11 bits per heavy atom. The Kier molecular flexibility index (Phi) is 3.97. The Balaban J connectivity index is 2.20. The van der Waals surface area contributed by atoms with Crippen LogP contribution in [-0.4, -0.2) is 17.9 Å². The van der Waals surface area contributed by atoms with E-state index in [1.165, 1.54) is 18.3 Å². The lowest BCUT2D eigenvalue weighted by atomic mass is 10.2. The van der Waals surface area contributed by atoms with Crippen LogP contribution in [0.5, 0.6) is 0 Å². The quantitative estimate of drug-likeness (QED) is 0.907. The summed E-state index contributed by atoms with van der Waals surface area (Å²) in [6.07, 6.45) is 1.52. The maximum atomic E-state index is 12.9. The first-order valence-corrected chi connectivity index (χ1v) is 5.88. The van der Waals surface area contributed by atoms with Crippen molar-refractivity contribution in [3.8, 4) is 0 Å². The first-order chi connectivity index (χ1) is 9.10. The standard InChI is InChI=1S/C13H11ClFN3O/c1-16-9-4-5-17-12(7-9)13(19)18-11-3-2-8(15)6-10(11)14/h2-7H,1H3,(H,16,17)(H,18,19). The molecule has 0 bridgehead atoms. The lowest BCUT2D eigenvalue weighted by Gasteiger charge is -2.07. The van der Waals surface area contributed by atoms with E-state index in [0.717, 1.165) is 11.8 Å². The number of carbonyl (C=O) groups is 1. The predicted octanol–water partition coefficient (Wildman–Crippen LogP) is 3.17. The van der Waals surface area contributed by atoms with Crippen molar-refractivity contribution < 1.29 is 9.18 Å². The predicted molar refractivity (Wildman–Crippen MR) is 73.1 cm³/mol. The summed E-state index contributed by atoms with van der Waals surface area (Å²) in [6, 6.07) is 7.10. The SMILES string of the molecule is CNc1ccnc(C(=O)Nc2ccc(F)cc2Cl)c1. The van der Waals surface area contributed by atoms with Gasteiger partial charge in [-0.3, -0.25) is 9.78 Å². The maximum Gasteiger partial charge on any atom is 0.274 e. The number of nitrogens with zero attached hydrogens (tertiary/aromatic N) is 1. The Labute approximate surface area is 114 Å². The van der Waals surface area contributed by atoms with Crippen molar-refractivity contribution in [2.24, 2.45) is 0 Å². The first kappa shape index (κ1) is 13.3. The molecule has 4 nitrogen and oxygen atoms in total. The van der Waals surface area contributed by atoms with E-state index in [1.54, 1.807) is 19.2 Å². The van der Waals surface area contributed by atoms with Gasteiger partial charge in [0.05, 0.1) is 10.7 Å². The minimum Gasteiger partial charge on any atom is -0.388 e. The Hall–Kier alpha value is -2.14. The summed E-state index contributed by atoms with van der Waals surface area (Å²) in [5.41, 5.74) is 1.35. The van der Waals surface area contributed by atoms with Gasteiger partial charge in [0.1, 0.15) is 11.5 Å². The van der Waals surface area contributed by atoms with Crippen LogP contribution in [0.1, 0.15) is 10.5 Å². The fraction of sp³-hybridized carbons (Fsp3) is 0.0769. The highest BCUT2D eigenvalue weighted by Crippen LogP contribution is 2.23. The van der Waals surface area contributed by atoms with Crippen molar-refractivity contribution in [1.82, 2.24) is 4.98 Å². The molecule has 0 aliphatic heterocycles. The van der Waals surface area contributed by atoms with Crippen LogP contribution in [0.25, 0.3) is 0 Å². The van der Waals surface area contributed by atoms with Gasteiger partial charge < -0.3 is 10.6 Å². The molecule has 0 aliphatic rings. The number of rotatable bonds is 3. The molecule has 2 aromatic rings. The molecule has 0 aliphatic carbocycles. The number of pyridine rings is 1. The van der Waals surface area contributed by atoms with Crippen molar-refractivity contribution >= 4 is 28.9 Å². The highest BCUT2D eigenvalue weighted by atomic mass is 35.5. The molecule has 1 aromatic heterocycles. The summed E-state index contributed by atoms with van der Waals surface area (Å²) >= 11 is 5.83. The van der Waals surface area contributed by atoms with Crippen molar-refractivity contribution in [3.63, 3.8) is 0 Å². The van der Waals surface area contributed by atoms with Gasteiger partial charge in [0.2, 0.25) is 0 Å². The van der Waals surface area contributed by atoms with E-state index in [0.29, 0.717) is 5.69 Å². The van der Waals surface area contributed by atoms with Crippen LogP contribution in [0, 0.1) is 5.82 Å². The van der Waals surface area contributed by atoms with Crippen molar-refractivity contribution in [2.75, 3.05) is 17.7 Å². The number of hydrogen-bond donors (Lipinski definition) is 2. The summed E-state index contributed by atoms with van der Waals surface area (Å²) < 4.78 is 12.9. The number of hydrogen-bond acceptors (Lipinski definition) is 3. The van der Waals surface area contributed by atoms with Crippen LogP contribution in [0.4, 0.5) is 15.8 Å². The summed E-state index contributed by atoms with van der Waals surface area (Å²) in [5.74, 6) is -0.871. The van der Waals surface area contributed by atoms with E-state index in [4.69, 9.17) is 11.6 Å². The van der Waals surface area contributed by atoms with Gasteiger partial charge in [-0.05, 0) is 30.3 Å². The molecule has 0 saturated carbocycles. The second-order valence-electron chi connectivity index (χ2n) is 3.76. The monoisotopic (exact) mass is 279 g/mol. The third-order valence-electron chi connectivity index (χ3n) is 2.46. The Morgan fingerprint density at radius 1 is 1.32 bits per heavy atom. The van der Waals surface area contributed by atoms with Gasteiger partial charge in [0.15, 0.2) is 0 Å². The summed E-state index contributed by atoms with van der Waals surface area (Å²) in [5, 5.41) is 5.62. The number of amides is 1. The zero-order valence-electron chi connectivity index (χ0n) is 10.1. The van der Waals surface area contributed by atoms with E-state index in [1.807, 2.05) is 0 Å². The second-order valence-corrected chi connectivity index (χ2v) is 4.17. The van der Waals surface area contributed by atoms with Gasteiger partial charge in [-0.1, -0.05) is 11.6 Å². The van der Waals surface area contributed by atoms with Crippen LogP contribution in [0.15, 0.2) is 36.5 Å². The normalized spacial score (nSPS) is 10.1. The fourth-order valence-electron chi connectivity index (χ4n) is 1.49. The molecular weight excluding hydrogens is 269 g/mol. The zero-order chi connectivity index (χ0) is 13.8. The third-order valence-corrected chi connectivity index (χ3v) is 2.77. The van der Waals surface area contributed by atoms with Gasteiger partial charge >= 0.3 is 0 Å². The minimum atomic E-state index is -0.460. The van der Waals surface area contributed by atoms with Gasteiger partial charge in [-0.2, -0.15) is 0 Å². The van der Waals surface area contributed by atoms with Crippen LogP contribution in [0.3, 0.4) is 0 Å². The largest absolute Gasteiger partial charge is 0.388 e. The van der Waals surface area contributed by atoms with E-state index in [9.17, 15) is 9.18 Å². The van der Waals surface area contributed by atoms with E-state index in [-0.39, 0.29) is 10.7 Å². The van der Waals surface area contributed by atoms with Gasteiger partial charge in [-0.15, -0.1) is 0 Å². The van der Waals surface area contributed by atoms with Crippen molar-refractivity contribution in [2.45, 2.75) is 0 Å². The smallest absolute Gasteiger partial charge is 0.274 e. The highest BCUT2D eigenvalue weighted by molar-refractivity contribution is 6.33. The summed E-state index contributed by atoms with van der Waals surface area (Å²) in [4.78, 5) is 15.9. The molecule has 2 N–H and O–H groups in total. The third kappa shape index (κ3) is 3.20. The molecule has 1 heterocycles. The maximum absolute atomic E-state index is 12.9. The Morgan fingerprint density at radius 3 is 2.79 bits per heavy atom.